The maximum absolute atomic E-state index is 13.5. The van der Waals surface area contributed by atoms with Gasteiger partial charge in [-0.25, -0.2) is 4.79 Å². The van der Waals surface area contributed by atoms with Crippen molar-refractivity contribution in [3.63, 3.8) is 0 Å². The van der Waals surface area contributed by atoms with Crippen LogP contribution in [0.5, 0.6) is 5.75 Å². The molecule has 0 aliphatic heterocycles. The number of benzene rings is 2. The molecule has 1 amide bonds. The summed E-state index contributed by atoms with van der Waals surface area (Å²) in [5.74, 6) is 0.292. The Hall–Kier alpha value is -2.64. The van der Waals surface area contributed by atoms with Crippen LogP contribution in [-0.4, -0.2) is 25.6 Å². The number of carbonyl (C=O) groups excluding carboxylic acids is 2. The van der Waals surface area contributed by atoms with E-state index in [1.165, 1.54) is 24.0 Å². The molecule has 0 fully saturated rings. The van der Waals surface area contributed by atoms with Gasteiger partial charge >= 0.3 is 5.97 Å². The molecular weight excluding hydrogens is 538 g/mol. The number of hydrogen-bond donors (Lipinski definition) is 1. The summed E-state index contributed by atoms with van der Waals surface area (Å²) in [6.07, 6.45) is 3.44. The lowest BCUT2D eigenvalue weighted by molar-refractivity contribution is 0.0600. The SMILES string of the molecule is COC(=O)c1c(NC(=O)c2cc(Br)ccc2OCCc2ccccc2)sc2c1CCC(C(C)(C)C)C2. The van der Waals surface area contributed by atoms with Crippen LogP contribution in [0.3, 0.4) is 0 Å². The van der Waals surface area contributed by atoms with Gasteiger partial charge in [0, 0.05) is 15.8 Å². The minimum Gasteiger partial charge on any atom is -0.492 e. The van der Waals surface area contributed by atoms with Gasteiger partial charge in [0.05, 0.1) is 24.8 Å². The van der Waals surface area contributed by atoms with Crippen molar-refractivity contribution in [1.82, 2.24) is 0 Å². The quantitative estimate of drug-likeness (QED) is 0.303. The van der Waals surface area contributed by atoms with Gasteiger partial charge in [-0.05, 0) is 59.9 Å². The maximum atomic E-state index is 13.5. The van der Waals surface area contributed by atoms with E-state index >= 15 is 0 Å². The van der Waals surface area contributed by atoms with Crippen molar-refractivity contribution in [2.24, 2.45) is 11.3 Å². The Morgan fingerprint density at radius 1 is 1.14 bits per heavy atom. The maximum Gasteiger partial charge on any atom is 0.341 e. The van der Waals surface area contributed by atoms with Crippen LogP contribution in [0.1, 0.15) is 63.9 Å². The van der Waals surface area contributed by atoms with Crippen LogP contribution in [0, 0.1) is 11.3 Å². The number of methoxy groups -OCH3 is 1. The molecule has 1 atom stereocenters. The van der Waals surface area contributed by atoms with E-state index in [9.17, 15) is 9.59 Å². The molecule has 0 bridgehead atoms. The zero-order chi connectivity index (χ0) is 25.9. The normalized spacial score (nSPS) is 15.2. The van der Waals surface area contributed by atoms with Gasteiger partial charge in [-0.3, -0.25) is 4.79 Å². The Kier molecular flexibility index (Phi) is 8.20. The number of halogens is 1. The van der Waals surface area contributed by atoms with Crippen LogP contribution in [-0.2, 0) is 24.0 Å². The summed E-state index contributed by atoms with van der Waals surface area (Å²) in [5, 5.41) is 3.55. The van der Waals surface area contributed by atoms with Crippen LogP contribution in [0.4, 0.5) is 5.00 Å². The number of carbonyl (C=O) groups is 2. The summed E-state index contributed by atoms with van der Waals surface area (Å²) in [5.41, 5.74) is 3.25. The molecule has 1 unspecified atom stereocenters. The third-order valence-electron chi connectivity index (χ3n) is 6.78. The van der Waals surface area contributed by atoms with Gasteiger partial charge in [-0.1, -0.05) is 67.0 Å². The van der Waals surface area contributed by atoms with Gasteiger partial charge < -0.3 is 14.8 Å². The third-order valence-corrected chi connectivity index (χ3v) is 8.45. The predicted molar refractivity (Wildman–Crippen MR) is 148 cm³/mol. The summed E-state index contributed by atoms with van der Waals surface area (Å²) in [6.45, 7) is 7.22. The number of amides is 1. The molecule has 7 heteroatoms. The molecule has 190 valence electrons. The van der Waals surface area contributed by atoms with E-state index in [2.05, 4.69) is 54.2 Å². The molecule has 0 radical (unpaired) electrons. The van der Waals surface area contributed by atoms with Crippen molar-refractivity contribution in [3.8, 4) is 5.75 Å². The van der Waals surface area contributed by atoms with Gasteiger partial charge in [-0.15, -0.1) is 11.3 Å². The second-order valence-corrected chi connectivity index (χ2v) is 12.2. The highest BCUT2D eigenvalue weighted by Gasteiger charge is 2.34. The van der Waals surface area contributed by atoms with Gasteiger partial charge in [-0.2, -0.15) is 0 Å². The second-order valence-electron chi connectivity index (χ2n) is 10.2. The minimum absolute atomic E-state index is 0.179. The van der Waals surface area contributed by atoms with Crippen molar-refractivity contribution < 1.29 is 19.1 Å². The van der Waals surface area contributed by atoms with E-state index in [1.807, 2.05) is 24.3 Å². The molecule has 0 saturated carbocycles. The van der Waals surface area contributed by atoms with Crippen LogP contribution < -0.4 is 10.1 Å². The number of nitrogens with one attached hydrogen (secondary N) is 1. The highest BCUT2D eigenvalue weighted by molar-refractivity contribution is 9.10. The van der Waals surface area contributed by atoms with Crippen molar-refractivity contribution in [2.75, 3.05) is 19.0 Å². The molecule has 1 heterocycles. The van der Waals surface area contributed by atoms with Crippen LogP contribution in [0.15, 0.2) is 53.0 Å². The van der Waals surface area contributed by atoms with E-state index in [4.69, 9.17) is 9.47 Å². The first-order valence-electron chi connectivity index (χ1n) is 12.2. The Labute approximate surface area is 225 Å². The largest absolute Gasteiger partial charge is 0.492 e. The zero-order valence-electron chi connectivity index (χ0n) is 21.2. The average Bonchev–Trinajstić information content (AvgIpc) is 3.21. The Morgan fingerprint density at radius 3 is 2.58 bits per heavy atom. The topological polar surface area (TPSA) is 64.6 Å². The van der Waals surface area contributed by atoms with Crippen molar-refractivity contribution in [1.29, 1.82) is 0 Å². The average molecular weight is 571 g/mol. The molecule has 0 saturated heterocycles. The van der Waals surface area contributed by atoms with Gasteiger partial charge in [0.2, 0.25) is 0 Å². The lowest BCUT2D eigenvalue weighted by Gasteiger charge is -2.33. The Balaban J connectivity index is 1.57. The fourth-order valence-electron chi connectivity index (χ4n) is 4.63. The van der Waals surface area contributed by atoms with Crippen LogP contribution in [0.2, 0.25) is 0 Å². The molecule has 1 aliphatic carbocycles. The highest BCUT2D eigenvalue weighted by atomic mass is 79.9. The molecular formula is C29H32BrNO4S. The van der Waals surface area contributed by atoms with Crippen molar-refractivity contribution in [3.05, 3.63) is 80.1 Å². The first kappa shape index (κ1) is 26.4. The highest BCUT2D eigenvalue weighted by Crippen LogP contribution is 2.44. The summed E-state index contributed by atoms with van der Waals surface area (Å²) in [7, 11) is 1.38. The van der Waals surface area contributed by atoms with Crippen molar-refractivity contribution >= 4 is 44.1 Å². The van der Waals surface area contributed by atoms with E-state index in [1.54, 1.807) is 12.1 Å². The smallest absolute Gasteiger partial charge is 0.341 e. The van der Waals surface area contributed by atoms with E-state index in [0.717, 1.165) is 40.6 Å². The summed E-state index contributed by atoms with van der Waals surface area (Å²) >= 11 is 4.96. The Morgan fingerprint density at radius 2 is 1.89 bits per heavy atom. The molecule has 0 spiro atoms. The lowest BCUT2D eigenvalue weighted by Crippen LogP contribution is -2.26. The monoisotopic (exact) mass is 569 g/mol. The second kappa shape index (κ2) is 11.2. The summed E-state index contributed by atoms with van der Waals surface area (Å²) < 4.78 is 11.9. The minimum atomic E-state index is -0.411. The number of rotatable bonds is 7. The zero-order valence-corrected chi connectivity index (χ0v) is 23.6. The Bertz CT molecular complexity index is 1250. The third kappa shape index (κ3) is 6.01. The fourth-order valence-corrected chi connectivity index (χ4v) is 6.30. The molecule has 1 aromatic heterocycles. The number of fused-ring (bicyclic) bond motifs is 1. The summed E-state index contributed by atoms with van der Waals surface area (Å²) in [6, 6.07) is 15.5. The van der Waals surface area contributed by atoms with Gasteiger partial charge in [0.1, 0.15) is 10.8 Å². The van der Waals surface area contributed by atoms with E-state index < -0.39 is 5.97 Å². The molecule has 1 N–H and O–H groups in total. The standard InChI is InChI=1S/C29H32BrNO4S/c1-29(2,3)19-10-12-21-24(16-19)36-27(25(21)28(33)34-4)31-26(32)22-17-20(30)11-13-23(22)35-15-14-18-8-6-5-7-9-18/h5-9,11,13,17,19H,10,12,14-16H2,1-4H3,(H,31,32). The predicted octanol–water partition coefficient (Wildman–Crippen LogP) is 7.32. The van der Waals surface area contributed by atoms with Crippen molar-refractivity contribution in [2.45, 2.75) is 46.5 Å². The van der Waals surface area contributed by atoms with E-state index in [0.29, 0.717) is 34.4 Å². The first-order valence-corrected chi connectivity index (χ1v) is 13.8. The molecule has 4 rings (SSSR count). The number of esters is 1. The summed E-state index contributed by atoms with van der Waals surface area (Å²) in [4.78, 5) is 27.4. The number of thiophene rings is 1. The van der Waals surface area contributed by atoms with Gasteiger partial charge in [0.25, 0.3) is 5.91 Å². The molecule has 1 aliphatic rings. The molecule has 3 aromatic rings. The van der Waals surface area contributed by atoms with Gasteiger partial charge in [0.15, 0.2) is 0 Å². The van der Waals surface area contributed by atoms with Crippen LogP contribution >= 0.6 is 27.3 Å². The number of ether oxygens (including phenoxy) is 2. The number of hydrogen-bond acceptors (Lipinski definition) is 5. The lowest BCUT2D eigenvalue weighted by atomic mass is 9.72. The number of anilines is 1. The first-order chi connectivity index (χ1) is 17.2. The molecule has 5 nitrogen and oxygen atoms in total. The van der Waals surface area contributed by atoms with E-state index in [-0.39, 0.29) is 11.3 Å². The fraction of sp³-hybridized carbons (Fsp3) is 0.379. The molecule has 2 aromatic carbocycles. The van der Waals surface area contributed by atoms with Crippen LogP contribution in [0.25, 0.3) is 0 Å². The molecule has 36 heavy (non-hydrogen) atoms.